The molecule has 8 nitrogen and oxygen atoms in total. The molecule has 1 atom stereocenters. The first-order valence-electron chi connectivity index (χ1n) is 13.4. The zero-order chi connectivity index (χ0) is 25.7. The van der Waals surface area contributed by atoms with Crippen molar-refractivity contribution in [1.82, 2.24) is 30.4 Å². The number of urea groups is 1. The summed E-state index contributed by atoms with van der Waals surface area (Å²) in [5.74, 6) is 0.474. The Labute approximate surface area is 217 Å². The largest absolute Gasteiger partial charge is 0.335 e. The third kappa shape index (κ3) is 6.15. The highest BCUT2D eigenvalue weighted by Gasteiger charge is 2.43. The van der Waals surface area contributed by atoms with Crippen molar-refractivity contribution in [1.29, 1.82) is 0 Å². The Morgan fingerprint density at radius 1 is 1.11 bits per heavy atom. The molecule has 9 heteroatoms. The van der Waals surface area contributed by atoms with Crippen LogP contribution in [0.4, 0.5) is 14.9 Å². The van der Waals surface area contributed by atoms with Gasteiger partial charge in [0.15, 0.2) is 5.82 Å². The lowest BCUT2D eigenvalue weighted by Crippen LogP contribution is -2.55. The lowest BCUT2D eigenvalue weighted by atomic mass is 9.64. The van der Waals surface area contributed by atoms with Crippen molar-refractivity contribution in [3.63, 3.8) is 0 Å². The Hall–Kier alpha value is -3.33. The van der Waals surface area contributed by atoms with Gasteiger partial charge in [-0.05, 0) is 104 Å². The van der Waals surface area contributed by atoms with E-state index in [-0.39, 0.29) is 23.3 Å². The van der Waals surface area contributed by atoms with Gasteiger partial charge in [-0.25, -0.2) is 13.9 Å². The monoisotopic (exact) mass is 505 g/mol. The van der Waals surface area contributed by atoms with Crippen LogP contribution in [-0.4, -0.2) is 56.8 Å². The van der Waals surface area contributed by atoms with E-state index in [0.717, 1.165) is 69.4 Å². The summed E-state index contributed by atoms with van der Waals surface area (Å²) in [5, 5.41) is 18.0. The van der Waals surface area contributed by atoms with E-state index in [1.165, 1.54) is 18.4 Å². The molecule has 37 heavy (non-hydrogen) atoms. The van der Waals surface area contributed by atoms with Gasteiger partial charge in [-0.15, -0.1) is 5.10 Å². The average Bonchev–Trinajstić information content (AvgIpc) is 3.34. The van der Waals surface area contributed by atoms with Crippen molar-refractivity contribution in [3.8, 4) is 11.4 Å². The summed E-state index contributed by atoms with van der Waals surface area (Å²) in [6.45, 7) is 3.19. The minimum absolute atomic E-state index is 0.152. The van der Waals surface area contributed by atoms with Crippen LogP contribution in [0.5, 0.6) is 0 Å². The quantitative estimate of drug-likeness (QED) is 0.482. The molecule has 0 radical (unpaired) electrons. The van der Waals surface area contributed by atoms with Gasteiger partial charge in [-0.2, -0.15) is 0 Å². The molecule has 1 unspecified atom stereocenters. The average molecular weight is 506 g/mol. The van der Waals surface area contributed by atoms with E-state index < -0.39 is 0 Å². The van der Waals surface area contributed by atoms with E-state index in [2.05, 4.69) is 31.1 Å². The number of anilines is 1. The molecule has 5 rings (SSSR count). The molecule has 2 aliphatic rings. The van der Waals surface area contributed by atoms with Crippen LogP contribution in [-0.2, 0) is 13.5 Å². The minimum Gasteiger partial charge on any atom is -0.335 e. The summed E-state index contributed by atoms with van der Waals surface area (Å²) in [5.41, 5.74) is 2.94. The number of aromatic nitrogens is 4. The maximum atomic E-state index is 13.1. The molecular weight excluding hydrogens is 469 g/mol. The maximum Gasteiger partial charge on any atom is 0.319 e. The fourth-order valence-corrected chi connectivity index (χ4v) is 6.04. The number of piperidine rings is 1. The number of hydrogen-bond acceptors (Lipinski definition) is 5. The molecule has 2 heterocycles. The Morgan fingerprint density at radius 2 is 1.92 bits per heavy atom. The molecule has 1 saturated heterocycles. The molecule has 0 bridgehead atoms. The molecule has 2 aromatic carbocycles. The SMILES string of the molecule is Cn1nnnc1-c1cccc(NC(=O)NC2CCCCC23CCN(CCCc2ccc(F)cc2)CC3)c1. The second kappa shape index (κ2) is 11.4. The van der Waals surface area contributed by atoms with Gasteiger partial charge in [-0.1, -0.05) is 37.1 Å². The van der Waals surface area contributed by atoms with E-state index >= 15 is 0 Å². The van der Waals surface area contributed by atoms with Gasteiger partial charge >= 0.3 is 6.03 Å². The molecule has 2 fully saturated rings. The lowest BCUT2D eigenvalue weighted by molar-refractivity contribution is 0.0392. The summed E-state index contributed by atoms with van der Waals surface area (Å²) in [7, 11) is 1.79. The Bertz CT molecular complexity index is 1190. The number of halogens is 1. The van der Waals surface area contributed by atoms with Gasteiger partial charge in [-0.3, -0.25) is 0 Å². The van der Waals surface area contributed by atoms with Crippen molar-refractivity contribution in [3.05, 3.63) is 59.9 Å². The number of rotatable bonds is 7. The molecule has 196 valence electrons. The fourth-order valence-electron chi connectivity index (χ4n) is 6.04. The molecular formula is C28H36FN7O. The molecule has 2 amide bonds. The van der Waals surface area contributed by atoms with Crippen LogP contribution in [0.15, 0.2) is 48.5 Å². The number of aryl methyl sites for hydroxylation is 2. The highest BCUT2D eigenvalue weighted by Crippen LogP contribution is 2.45. The molecule has 3 aromatic rings. The van der Waals surface area contributed by atoms with Crippen molar-refractivity contribution >= 4 is 11.7 Å². The van der Waals surface area contributed by atoms with Gasteiger partial charge in [0.1, 0.15) is 5.82 Å². The summed E-state index contributed by atoms with van der Waals surface area (Å²) >= 11 is 0. The normalized spacial score (nSPS) is 19.6. The smallest absolute Gasteiger partial charge is 0.319 e. The topological polar surface area (TPSA) is 88.0 Å². The zero-order valence-corrected chi connectivity index (χ0v) is 21.5. The van der Waals surface area contributed by atoms with Crippen molar-refractivity contribution in [2.75, 3.05) is 25.0 Å². The number of benzene rings is 2. The second-order valence-electron chi connectivity index (χ2n) is 10.5. The van der Waals surface area contributed by atoms with Crippen LogP contribution in [0.3, 0.4) is 0 Å². The van der Waals surface area contributed by atoms with E-state index in [9.17, 15) is 9.18 Å². The van der Waals surface area contributed by atoms with E-state index in [4.69, 9.17) is 0 Å². The number of carbonyl (C=O) groups is 1. The van der Waals surface area contributed by atoms with Crippen molar-refractivity contribution < 1.29 is 9.18 Å². The van der Waals surface area contributed by atoms with Crippen LogP contribution in [0, 0.1) is 11.2 Å². The maximum absolute atomic E-state index is 13.1. The Balaban J connectivity index is 1.13. The summed E-state index contributed by atoms with van der Waals surface area (Å²) in [4.78, 5) is 15.6. The second-order valence-corrected chi connectivity index (χ2v) is 10.5. The number of hydrogen-bond donors (Lipinski definition) is 2. The third-order valence-corrected chi connectivity index (χ3v) is 8.17. The van der Waals surface area contributed by atoms with Gasteiger partial charge in [0.2, 0.25) is 0 Å². The van der Waals surface area contributed by atoms with Crippen LogP contribution in [0.2, 0.25) is 0 Å². The lowest BCUT2D eigenvalue weighted by Gasteiger charge is -2.49. The zero-order valence-electron chi connectivity index (χ0n) is 21.5. The van der Waals surface area contributed by atoms with Crippen LogP contribution in [0.1, 0.15) is 50.5 Å². The van der Waals surface area contributed by atoms with Gasteiger partial charge in [0, 0.05) is 24.3 Å². The van der Waals surface area contributed by atoms with E-state index in [1.54, 1.807) is 23.9 Å². The van der Waals surface area contributed by atoms with Gasteiger partial charge in [0.25, 0.3) is 0 Å². The predicted octanol–water partition coefficient (Wildman–Crippen LogP) is 4.80. The first-order chi connectivity index (χ1) is 18.0. The van der Waals surface area contributed by atoms with E-state index in [1.807, 2.05) is 36.4 Å². The molecule has 1 aliphatic carbocycles. The minimum atomic E-state index is -0.178. The van der Waals surface area contributed by atoms with Crippen LogP contribution >= 0.6 is 0 Å². The molecule has 1 saturated carbocycles. The van der Waals surface area contributed by atoms with Gasteiger partial charge < -0.3 is 15.5 Å². The number of tetrazole rings is 1. The Kier molecular flexibility index (Phi) is 7.79. The molecule has 1 aromatic heterocycles. The fraction of sp³-hybridized carbons (Fsp3) is 0.500. The number of likely N-dealkylation sites (tertiary alicyclic amines) is 1. The standard InChI is InChI=1S/C28H36FN7O/c1-35-26(32-33-34-35)22-7-4-8-24(20-22)30-27(37)31-25-9-2-3-14-28(25)15-18-36(19-16-28)17-5-6-21-10-12-23(29)13-11-21/h4,7-8,10-13,20,25H,2-3,5-6,9,14-19H2,1H3,(H2,30,31,37). The van der Waals surface area contributed by atoms with Gasteiger partial charge in [0.05, 0.1) is 0 Å². The number of amides is 2. The predicted molar refractivity (Wildman–Crippen MR) is 141 cm³/mol. The summed E-state index contributed by atoms with van der Waals surface area (Å²) < 4.78 is 14.7. The third-order valence-electron chi connectivity index (χ3n) is 8.17. The van der Waals surface area contributed by atoms with Crippen molar-refractivity contribution in [2.45, 2.75) is 57.4 Å². The first-order valence-corrected chi connectivity index (χ1v) is 13.4. The molecule has 2 N–H and O–H groups in total. The summed E-state index contributed by atoms with van der Waals surface area (Å²) in [6, 6.07) is 14.5. The van der Waals surface area contributed by atoms with E-state index in [0.29, 0.717) is 5.82 Å². The first kappa shape index (κ1) is 25.3. The highest BCUT2D eigenvalue weighted by molar-refractivity contribution is 5.90. The summed E-state index contributed by atoms with van der Waals surface area (Å²) in [6.07, 6.45) is 8.87. The number of nitrogens with one attached hydrogen (secondary N) is 2. The van der Waals surface area contributed by atoms with Crippen LogP contribution in [0.25, 0.3) is 11.4 Å². The number of carbonyl (C=O) groups excluding carboxylic acids is 1. The molecule has 1 aliphatic heterocycles. The van der Waals surface area contributed by atoms with Crippen LogP contribution < -0.4 is 10.6 Å². The van der Waals surface area contributed by atoms with Crippen molar-refractivity contribution in [2.24, 2.45) is 12.5 Å². The number of nitrogens with zero attached hydrogens (tertiary/aromatic N) is 5. The highest BCUT2D eigenvalue weighted by atomic mass is 19.1. The molecule has 1 spiro atoms. The Morgan fingerprint density at radius 3 is 2.68 bits per heavy atom.